The highest BCUT2D eigenvalue weighted by Gasteiger charge is 2.38. The quantitative estimate of drug-likeness (QED) is 0.723. The van der Waals surface area contributed by atoms with Gasteiger partial charge in [-0.1, -0.05) is 0 Å². The van der Waals surface area contributed by atoms with Crippen LogP contribution >= 0.6 is 0 Å². The van der Waals surface area contributed by atoms with E-state index in [4.69, 9.17) is 0 Å². The van der Waals surface area contributed by atoms with Gasteiger partial charge in [0.15, 0.2) is 0 Å². The van der Waals surface area contributed by atoms with Crippen LogP contribution in [0.5, 0.6) is 0 Å². The second-order valence-electron chi connectivity index (χ2n) is 7.37. The lowest BCUT2D eigenvalue weighted by Crippen LogP contribution is -2.46. The molecule has 28 heavy (non-hydrogen) atoms. The van der Waals surface area contributed by atoms with Crippen LogP contribution in [0, 0.1) is 5.82 Å². The molecular weight excluding hydrogens is 374 g/mol. The zero-order valence-corrected chi connectivity index (χ0v) is 15.2. The minimum absolute atomic E-state index is 0.127. The summed E-state index contributed by atoms with van der Waals surface area (Å²) in [6.45, 7) is 2.02. The Hall–Kier alpha value is -2.29. The van der Waals surface area contributed by atoms with Gasteiger partial charge < -0.3 is 4.90 Å². The average Bonchev–Trinajstić information content (AvgIpc) is 3.50. The van der Waals surface area contributed by atoms with Gasteiger partial charge in [-0.15, -0.1) is 0 Å². The third kappa shape index (κ3) is 4.24. The van der Waals surface area contributed by atoms with Crippen LogP contribution in [0.2, 0.25) is 0 Å². The van der Waals surface area contributed by atoms with E-state index in [2.05, 4.69) is 19.9 Å². The number of aromatic nitrogens is 3. The van der Waals surface area contributed by atoms with E-state index in [1.54, 1.807) is 12.3 Å². The molecule has 1 saturated heterocycles. The first-order valence-electron chi connectivity index (χ1n) is 9.40. The molecule has 9 heteroatoms. The summed E-state index contributed by atoms with van der Waals surface area (Å²) in [5.74, 6) is 0.0355. The number of anilines is 1. The number of hydrogen-bond donors (Lipinski definition) is 0. The normalized spacial score (nSPS) is 19.0. The summed E-state index contributed by atoms with van der Waals surface area (Å²) in [4.78, 5) is 15.5. The smallest absolute Gasteiger partial charge is 0.350 e. The summed E-state index contributed by atoms with van der Waals surface area (Å²) in [5.41, 5.74) is -0.299. The van der Waals surface area contributed by atoms with Crippen molar-refractivity contribution in [2.24, 2.45) is 0 Å². The number of likely N-dealkylation sites (tertiary alicyclic amines) is 1. The maximum absolute atomic E-state index is 13.8. The Morgan fingerprint density at radius 1 is 1.07 bits per heavy atom. The third-order valence-electron chi connectivity index (χ3n) is 5.35. The molecule has 5 nitrogen and oxygen atoms in total. The van der Waals surface area contributed by atoms with Gasteiger partial charge in [-0.25, -0.2) is 14.4 Å². The summed E-state index contributed by atoms with van der Waals surface area (Å²) in [6, 6.07) is 3.10. The van der Waals surface area contributed by atoms with Crippen molar-refractivity contribution in [2.45, 2.75) is 50.5 Å². The molecule has 0 spiro atoms. The fourth-order valence-electron chi connectivity index (χ4n) is 3.80. The highest BCUT2D eigenvalue weighted by molar-refractivity contribution is 5.44. The molecule has 1 aliphatic carbocycles. The maximum atomic E-state index is 13.8. The SMILES string of the molecule is Fc1cnccc1CN1CCC(N(c2cc(C(F)(F)F)ncn2)C2CC2)CC1. The zero-order chi connectivity index (χ0) is 19.7. The molecule has 4 rings (SSSR count). The van der Waals surface area contributed by atoms with Crippen LogP contribution in [0.1, 0.15) is 36.9 Å². The van der Waals surface area contributed by atoms with Crippen molar-refractivity contribution in [1.82, 2.24) is 19.9 Å². The molecule has 1 saturated carbocycles. The number of alkyl halides is 3. The van der Waals surface area contributed by atoms with Crippen molar-refractivity contribution in [1.29, 1.82) is 0 Å². The van der Waals surface area contributed by atoms with Crippen LogP contribution in [0.3, 0.4) is 0 Å². The van der Waals surface area contributed by atoms with Crippen LogP contribution in [0.15, 0.2) is 30.9 Å². The molecule has 0 N–H and O–H groups in total. The maximum Gasteiger partial charge on any atom is 0.433 e. The Kier molecular flexibility index (Phi) is 5.18. The first-order chi connectivity index (χ1) is 13.4. The number of halogens is 4. The van der Waals surface area contributed by atoms with Gasteiger partial charge in [0.1, 0.15) is 23.7 Å². The minimum atomic E-state index is -4.48. The molecule has 150 valence electrons. The Bertz CT molecular complexity index is 816. The van der Waals surface area contributed by atoms with Gasteiger partial charge in [-0.05, 0) is 31.7 Å². The number of rotatable bonds is 5. The molecule has 2 aliphatic rings. The Labute approximate surface area is 160 Å². The monoisotopic (exact) mass is 395 g/mol. The Morgan fingerprint density at radius 3 is 2.43 bits per heavy atom. The first-order valence-corrected chi connectivity index (χ1v) is 9.40. The highest BCUT2D eigenvalue weighted by Crippen LogP contribution is 2.37. The number of pyridine rings is 1. The van der Waals surface area contributed by atoms with Gasteiger partial charge >= 0.3 is 6.18 Å². The van der Waals surface area contributed by atoms with E-state index in [1.807, 2.05) is 4.90 Å². The van der Waals surface area contributed by atoms with Crippen molar-refractivity contribution in [2.75, 3.05) is 18.0 Å². The summed E-state index contributed by atoms with van der Waals surface area (Å²) >= 11 is 0. The van der Waals surface area contributed by atoms with Crippen molar-refractivity contribution >= 4 is 5.82 Å². The Balaban J connectivity index is 1.44. The van der Waals surface area contributed by atoms with Crippen LogP contribution in [0.4, 0.5) is 23.4 Å². The van der Waals surface area contributed by atoms with Crippen LogP contribution in [-0.4, -0.2) is 45.0 Å². The fraction of sp³-hybridized carbons (Fsp3) is 0.526. The first kappa shape index (κ1) is 19.0. The second-order valence-corrected chi connectivity index (χ2v) is 7.37. The molecule has 3 heterocycles. The number of hydrogen-bond acceptors (Lipinski definition) is 5. The number of piperidine rings is 1. The van der Waals surface area contributed by atoms with Crippen LogP contribution < -0.4 is 4.90 Å². The second kappa shape index (κ2) is 7.62. The fourth-order valence-corrected chi connectivity index (χ4v) is 3.80. The van der Waals surface area contributed by atoms with Gasteiger partial charge in [0.25, 0.3) is 0 Å². The standard InChI is InChI=1S/C19H21F4N5/c20-16-10-24-6-3-13(16)11-27-7-4-15(5-8-27)28(14-1-2-14)18-9-17(19(21,22)23)25-12-26-18/h3,6,9-10,12,14-15H,1-2,4-5,7-8,11H2. The highest BCUT2D eigenvalue weighted by atomic mass is 19.4. The van der Waals surface area contributed by atoms with Crippen molar-refractivity contribution in [3.8, 4) is 0 Å². The summed E-state index contributed by atoms with van der Waals surface area (Å²) in [6.07, 6.45) is 2.84. The van der Waals surface area contributed by atoms with E-state index in [0.717, 1.165) is 51.2 Å². The molecule has 0 amide bonds. The molecule has 2 fully saturated rings. The molecule has 1 aliphatic heterocycles. The lowest BCUT2D eigenvalue weighted by molar-refractivity contribution is -0.141. The van der Waals surface area contributed by atoms with Gasteiger partial charge in [0, 0.05) is 49.5 Å². The molecule has 0 aromatic carbocycles. The molecular formula is C19H21F4N5. The molecule has 0 unspecified atom stereocenters. The summed E-state index contributed by atoms with van der Waals surface area (Å²) in [7, 11) is 0. The lowest BCUT2D eigenvalue weighted by atomic mass is 10.0. The molecule has 0 bridgehead atoms. The van der Waals surface area contributed by atoms with E-state index in [-0.39, 0.29) is 17.9 Å². The lowest BCUT2D eigenvalue weighted by Gasteiger charge is -2.39. The summed E-state index contributed by atoms with van der Waals surface area (Å²) in [5, 5.41) is 0. The van der Waals surface area contributed by atoms with Gasteiger partial charge in [0.2, 0.25) is 0 Å². The van der Waals surface area contributed by atoms with Crippen molar-refractivity contribution < 1.29 is 17.6 Å². The minimum Gasteiger partial charge on any atom is -0.350 e. The average molecular weight is 395 g/mol. The van der Waals surface area contributed by atoms with E-state index in [0.29, 0.717) is 17.9 Å². The Morgan fingerprint density at radius 2 is 1.79 bits per heavy atom. The van der Waals surface area contributed by atoms with Gasteiger partial charge in [-0.2, -0.15) is 13.2 Å². The molecule has 2 aromatic heterocycles. The topological polar surface area (TPSA) is 45.2 Å². The van der Waals surface area contributed by atoms with E-state index in [9.17, 15) is 17.6 Å². The third-order valence-corrected chi connectivity index (χ3v) is 5.35. The van der Waals surface area contributed by atoms with Gasteiger partial charge in [0.05, 0.1) is 6.20 Å². The molecule has 0 atom stereocenters. The van der Waals surface area contributed by atoms with Crippen molar-refractivity contribution in [3.05, 3.63) is 47.9 Å². The summed E-state index contributed by atoms with van der Waals surface area (Å²) < 4.78 is 52.9. The zero-order valence-electron chi connectivity index (χ0n) is 15.2. The largest absolute Gasteiger partial charge is 0.433 e. The predicted octanol–water partition coefficient (Wildman–Crippen LogP) is 3.66. The predicted molar refractivity (Wildman–Crippen MR) is 95.0 cm³/mol. The molecule has 2 aromatic rings. The molecule has 0 radical (unpaired) electrons. The van der Waals surface area contributed by atoms with Gasteiger partial charge in [-0.3, -0.25) is 9.88 Å². The van der Waals surface area contributed by atoms with E-state index < -0.39 is 11.9 Å². The van der Waals surface area contributed by atoms with Crippen LogP contribution in [-0.2, 0) is 12.7 Å². The van der Waals surface area contributed by atoms with Crippen LogP contribution in [0.25, 0.3) is 0 Å². The van der Waals surface area contributed by atoms with Crippen molar-refractivity contribution in [3.63, 3.8) is 0 Å². The van der Waals surface area contributed by atoms with E-state index in [1.165, 1.54) is 6.20 Å². The number of nitrogens with zero attached hydrogens (tertiary/aromatic N) is 5. The van der Waals surface area contributed by atoms with E-state index >= 15 is 0 Å².